The zero-order valence-corrected chi connectivity index (χ0v) is 18.6. The standard InChI is InChI=1S/C29H34/c1-6-22(2)16-17-29(21-26-10-8-7-9-11-26,27-14-12-23(3)13-15-27)28-19-24(4)18-25(5)20-28/h6-15,18-20H,16-17,21H2,1-5H3/b22-6+. The van der Waals surface area contributed by atoms with Crippen molar-refractivity contribution in [1.82, 2.24) is 0 Å². The Kier molecular flexibility index (Phi) is 6.75. The number of hydrogen-bond donors (Lipinski definition) is 0. The van der Waals surface area contributed by atoms with Crippen LogP contribution in [0, 0.1) is 20.8 Å². The van der Waals surface area contributed by atoms with Crippen molar-refractivity contribution in [2.45, 2.75) is 59.3 Å². The first-order valence-corrected chi connectivity index (χ1v) is 10.7. The van der Waals surface area contributed by atoms with Gasteiger partial charge in [-0.25, -0.2) is 0 Å². The molecule has 0 spiro atoms. The lowest BCUT2D eigenvalue weighted by Crippen LogP contribution is -2.31. The number of rotatable bonds is 7. The van der Waals surface area contributed by atoms with Crippen molar-refractivity contribution < 1.29 is 0 Å². The Bertz CT molecular complexity index is 940. The summed E-state index contributed by atoms with van der Waals surface area (Å²) >= 11 is 0. The lowest BCUT2D eigenvalue weighted by Gasteiger charge is -2.37. The van der Waals surface area contributed by atoms with E-state index in [9.17, 15) is 0 Å². The van der Waals surface area contributed by atoms with Crippen molar-refractivity contribution >= 4 is 0 Å². The van der Waals surface area contributed by atoms with Gasteiger partial charge in [0, 0.05) is 5.41 Å². The average molecular weight is 383 g/mol. The van der Waals surface area contributed by atoms with Gasteiger partial charge in [0.15, 0.2) is 0 Å². The molecule has 0 N–H and O–H groups in total. The molecule has 3 aromatic carbocycles. The van der Waals surface area contributed by atoms with Crippen LogP contribution < -0.4 is 0 Å². The minimum atomic E-state index is -0.0455. The molecule has 150 valence electrons. The van der Waals surface area contributed by atoms with Gasteiger partial charge in [-0.15, -0.1) is 0 Å². The van der Waals surface area contributed by atoms with E-state index < -0.39 is 0 Å². The minimum Gasteiger partial charge on any atom is -0.0887 e. The molecule has 0 bridgehead atoms. The Morgan fingerprint density at radius 2 is 1.38 bits per heavy atom. The first kappa shape index (κ1) is 21.1. The molecule has 0 aliphatic carbocycles. The molecule has 1 unspecified atom stereocenters. The second-order valence-electron chi connectivity index (χ2n) is 8.62. The molecule has 0 heterocycles. The van der Waals surface area contributed by atoms with Crippen molar-refractivity contribution in [3.05, 3.63) is 118 Å². The molecule has 3 rings (SSSR count). The van der Waals surface area contributed by atoms with E-state index in [1.807, 2.05) is 0 Å². The van der Waals surface area contributed by atoms with Gasteiger partial charge >= 0.3 is 0 Å². The van der Waals surface area contributed by atoms with Crippen LogP contribution in [-0.2, 0) is 11.8 Å². The van der Waals surface area contributed by atoms with Crippen LogP contribution in [0.3, 0.4) is 0 Å². The van der Waals surface area contributed by atoms with Crippen LogP contribution in [0.25, 0.3) is 0 Å². The molecular weight excluding hydrogens is 348 g/mol. The van der Waals surface area contributed by atoms with E-state index in [2.05, 4.69) is 113 Å². The second kappa shape index (κ2) is 9.27. The molecule has 1 atom stereocenters. The van der Waals surface area contributed by atoms with E-state index in [1.54, 1.807) is 0 Å². The maximum atomic E-state index is 2.40. The smallest absolute Gasteiger partial charge is 0.0246 e. The van der Waals surface area contributed by atoms with E-state index in [0.29, 0.717) is 0 Å². The third-order valence-corrected chi connectivity index (χ3v) is 6.17. The summed E-state index contributed by atoms with van der Waals surface area (Å²) in [7, 11) is 0. The highest BCUT2D eigenvalue weighted by atomic mass is 14.4. The van der Waals surface area contributed by atoms with Crippen molar-refractivity contribution in [1.29, 1.82) is 0 Å². The van der Waals surface area contributed by atoms with Gasteiger partial charge in [-0.3, -0.25) is 0 Å². The first-order chi connectivity index (χ1) is 13.9. The van der Waals surface area contributed by atoms with E-state index >= 15 is 0 Å². The van der Waals surface area contributed by atoms with Crippen molar-refractivity contribution in [3.63, 3.8) is 0 Å². The average Bonchev–Trinajstić information content (AvgIpc) is 2.71. The summed E-state index contributed by atoms with van der Waals surface area (Å²) in [6.07, 6.45) is 5.47. The molecule has 29 heavy (non-hydrogen) atoms. The van der Waals surface area contributed by atoms with Crippen molar-refractivity contribution in [2.24, 2.45) is 0 Å². The van der Waals surface area contributed by atoms with Gasteiger partial charge in [0.25, 0.3) is 0 Å². The lowest BCUT2D eigenvalue weighted by molar-refractivity contribution is 0.467. The first-order valence-electron chi connectivity index (χ1n) is 10.7. The highest BCUT2D eigenvalue weighted by Gasteiger charge is 2.34. The Morgan fingerprint density at radius 3 is 1.97 bits per heavy atom. The largest absolute Gasteiger partial charge is 0.0887 e. The summed E-state index contributed by atoms with van der Waals surface area (Å²) in [6.45, 7) is 11.0. The Morgan fingerprint density at radius 1 is 0.759 bits per heavy atom. The van der Waals surface area contributed by atoms with Gasteiger partial charge in [0.05, 0.1) is 0 Å². The Hall–Kier alpha value is -2.60. The molecule has 0 amide bonds. The highest BCUT2D eigenvalue weighted by molar-refractivity contribution is 5.45. The molecule has 0 saturated carbocycles. The zero-order valence-electron chi connectivity index (χ0n) is 18.6. The molecule has 0 radical (unpaired) electrons. The molecule has 0 heteroatoms. The van der Waals surface area contributed by atoms with E-state index in [0.717, 1.165) is 19.3 Å². The summed E-state index contributed by atoms with van der Waals surface area (Å²) in [5.41, 5.74) is 9.65. The molecule has 0 aromatic heterocycles. The quantitative estimate of drug-likeness (QED) is 0.364. The van der Waals surface area contributed by atoms with Gasteiger partial charge in [0.2, 0.25) is 0 Å². The van der Waals surface area contributed by atoms with Crippen LogP contribution in [0.2, 0.25) is 0 Å². The van der Waals surface area contributed by atoms with E-state index in [1.165, 1.54) is 39.0 Å². The molecule has 0 fully saturated rings. The summed E-state index contributed by atoms with van der Waals surface area (Å²) < 4.78 is 0. The van der Waals surface area contributed by atoms with Crippen molar-refractivity contribution in [3.8, 4) is 0 Å². The van der Waals surface area contributed by atoms with Crippen LogP contribution in [0.15, 0.2) is 84.4 Å². The Balaban J connectivity index is 2.22. The molecule has 0 nitrogen and oxygen atoms in total. The fourth-order valence-corrected chi connectivity index (χ4v) is 4.37. The highest BCUT2D eigenvalue weighted by Crippen LogP contribution is 2.41. The maximum absolute atomic E-state index is 2.40. The fraction of sp³-hybridized carbons (Fsp3) is 0.310. The molecule has 0 aliphatic rings. The van der Waals surface area contributed by atoms with Gasteiger partial charge in [-0.1, -0.05) is 101 Å². The molecule has 3 aromatic rings. The topological polar surface area (TPSA) is 0 Å². The predicted octanol–water partition coefficient (Wildman–Crippen LogP) is 7.89. The summed E-state index contributed by atoms with van der Waals surface area (Å²) in [6, 6.07) is 27.3. The van der Waals surface area contributed by atoms with Crippen LogP contribution in [0.1, 0.15) is 60.1 Å². The van der Waals surface area contributed by atoms with Gasteiger partial charge in [0.1, 0.15) is 0 Å². The Labute approximate surface area is 177 Å². The van der Waals surface area contributed by atoms with Gasteiger partial charge in [-0.2, -0.15) is 0 Å². The molecule has 0 saturated heterocycles. The number of aryl methyl sites for hydroxylation is 3. The van der Waals surface area contributed by atoms with Crippen LogP contribution in [0.4, 0.5) is 0 Å². The fourth-order valence-electron chi connectivity index (χ4n) is 4.37. The number of allylic oxidation sites excluding steroid dienone is 2. The van der Waals surface area contributed by atoms with Gasteiger partial charge < -0.3 is 0 Å². The third-order valence-electron chi connectivity index (χ3n) is 6.17. The van der Waals surface area contributed by atoms with E-state index in [4.69, 9.17) is 0 Å². The molecular formula is C29H34. The number of benzene rings is 3. The van der Waals surface area contributed by atoms with E-state index in [-0.39, 0.29) is 5.41 Å². The SMILES string of the molecule is C/C=C(\C)CCC(Cc1ccccc1)(c1ccc(C)cc1)c1cc(C)cc(C)c1. The summed E-state index contributed by atoms with van der Waals surface area (Å²) in [5.74, 6) is 0. The van der Waals surface area contributed by atoms with Crippen molar-refractivity contribution in [2.75, 3.05) is 0 Å². The van der Waals surface area contributed by atoms with Gasteiger partial charge in [-0.05, 0) is 70.6 Å². The summed E-state index contributed by atoms with van der Waals surface area (Å²) in [4.78, 5) is 0. The monoisotopic (exact) mass is 382 g/mol. The summed E-state index contributed by atoms with van der Waals surface area (Å²) in [5, 5.41) is 0. The minimum absolute atomic E-state index is 0.0455. The lowest BCUT2D eigenvalue weighted by atomic mass is 9.66. The predicted molar refractivity (Wildman–Crippen MR) is 127 cm³/mol. The zero-order chi connectivity index (χ0) is 20.9. The second-order valence-corrected chi connectivity index (χ2v) is 8.62. The van der Waals surface area contributed by atoms with Crippen LogP contribution in [0.5, 0.6) is 0 Å². The third kappa shape index (κ3) is 5.07. The maximum Gasteiger partial charge on any atom is 0.0246 e. The number of hydrogen-bond acceptors (Lipinski definition) is 0. The molecule has 0 aliphatic heterocycles. The normalized spacial score (nSPS) is 13.9. The van der Waals surface area contributed by atoms with Crippen LogP contribution >= 0.6 is 0 Å². The van der Waals surface area contributed by atoms with Crippen LogP contribution in [-0.4, -0.2) is 0 Å².